The Balaban J connectivity index is 0.000000500. The fourth-order valence-electron chi connectivity index (χ4n) is 1.30. The molecule has 1 rings (SSSR count). The lowest BCUT2D eigenvalue weighted by Gasteiger charge is -2.17. The van der Waals surface area contributed by atoms with Gasteiger partial charge in [0, 0.05) is 26.0 Å². The average Bonchev–Trinajstić information content (AvgIpc) is 2.53. The zero-order valence-corrected chi connectivity index (χ0v) is 9.87. The zero-order valence-electron chi connectivity index (χ0n) is 8.98. The molecule has 0 saturated heterocycles. The van der Waals surface area contributed by atoms with E-state index >= 15 is 0 Å². The molecular formula is C10H19N3S. The van der Waals surface area contributed by atoms with E-state index < -0.39 is 0 Å². The van der Waals surface area contributed by atoms with Gasteiger partial charge in [-0.2, -0.15) is 5.26 Å². The summed E-state index contributed by atoms with van der Waals surface area (Å²) >= 11 is 3.09. The van der Waals surface area contributed by atoms with Crippen LogP contribution in [0.3, 0.4) is 0 Å². The van der Waals surface area contributed by atoms with E-state index in [4.69, 9.17) is 5.26 Å². The number of nitriles is 1. The molecule has 1 heterocycles. The van der Waals surface area contributed by atoms with Crippen LogP contribution in [0.2, 0.25) is 0 Å². The minimum Gasteiger partial charge on any atom is -0.362 e. The van der Waals surface area contributed by atoms with Gasteiger partial charge in [0.1, 0.15) is 5.40 Å². The van der Waals surface area contributed by atoms with Gasteiger partial charge in [0.15, 0.2) is 0 Å². The highest BCUT2D eigenvalue weighted by Gasteiger charge is 2.06. The molecule has 4 heteroatoms. The summed E-state index contributed by atoms with van der Waals surface area (Å²) in [5.74, 6) is 0. The Labute approximate surface area is 92.4 Å². The summed E-state index contributed by atoms with van der Waals surface area (Å²) in [7, 11) is 2.11. The van der Waals surface area contributed by atoms with Gasteiger partial charge in [-0.1, -0.05) is 32.4 Å². The summed E-state index contributed by atoms with van der Waals surface area (Å²) in [5, 5.41) is 8.63. The second kappa shape index (κ2) is 8.76. The van der Waals surface area contributed by atoms with Crippen LogP contribution in [-0.2, 0) is 0 Å². The summed E-state index contributed by atoms with van der Waals surface area (Å²) in [5.41, 5.74) is 0. The van der Waals surface area contributed by atoms with Crippen molar-refractivity contribution in [1.82, 2.24) is 9.80 Å². The smallest absolute Gasteiger partial charge is 0.130 e. The highest BCUT2D eigenvalue weighted by molar-refractivity contribution is 7.85. The first kappa shape index (κ1) is 13.2. The van der Waals surface area contributed by atoms with Gasteiger partial charge in [0.25, 0.3) is 0 Å². The monoisotopic (exact) mass is 213 g/mol. The summed E-state index contributed by atoms with van der Waals surface area (Å²) in [6, 6.07) is 0. The Bertz CT molecular complexity index is 198. The summed E-state index contributed by atoms with van der Waals surface area (Å²) in [6.07, 6.45) is 8.30. The topological polar surface area (TPSA) is 30.3 Å². The Kier molecular flexibility index (Phi) is 8.25. The molecule has 1 aliphatic heterocycles. The summed E-state index contributed by atoms with van der Waals surface area (Å²) < 4.78 is 0. The van der Waals surface area contributed by atoms with Crippen LogP contribution < -0.4 is 0 Å². The van der Waals surface area contributed by atoms with Gasteiger partial charge in [-0.15, -0.1) is 0 Å². The Morgan fingerprint density at radius 1 is 1.43 bits per heavy atom. The van der Waals surface area contributed by atoms with E-state index in [1.54, 1.807) is 0 Å². The second-order valence-corrected chi connectivity index (χ2v) is 3.52. The lowest BCUT2D eigenvalue weighted by molar-refractivity contribution is 0.291. The molecule has 0 radical (unpaired) electrons. The van der Waals surface area contributed by atoms with Gasteiger partial charge in [0.05, 0.1) is 6.67 Å². The number of hydrogen-bond acceptors (Lipinski definition) is 4. The maximum Gasteiger partial charge on any atom is 0.130 e. The molecule has 0 atom stereocenters. The van der Waals surface area contributed by atoms with Crippen LogP contribution >= 0.6 is 12.6 Å². The molecule has 0 bridgehead atoms. The van der Waals surface area contributed by atoms with Crippen molar-refractivity contribution in [2.24, 2.45) is 0 Å². The molecule has 0 N–H and O–H groups in total. The molecule has 0 aromatic rings. The van der Waals surface area contributed by atoms with Crippen LogP contribution in [0.4, 0.5) is 0 Å². The van der Waals surface area contributed by atoms with Crippen LogP contribution in [0, 0.1) is 10.7 Å². The van der Waals surface area contributed by atoms with Crippen molar-refractivity contribution in [2.75, 3.05) is 20.3 Å². The predicted octanol–water partition coefficient (Wildman–Crippen LogP) is 2.25. The SMILES string of the molecule is CCCCCN1C=CN(C)C1.N#CS. The molecule has 0 aliphatic carbocycles. The number of nitrogens with zero attached hydrogens (tertiary/aromatic N) is 3. The minimum absolute atomic E-state index is 1.07. The first-order valence-corrected chi connectivity index (χ1v) is 5.35. The van der Waals surface area contributed by atoms with Crippen molar-refractivity contribution in [3.05, 3.63) is 12.4 Å². The Hall–Kier alpha value is -0.820. The molecule has 0 aromatic heterocycles. The van der Waals surface area contributed by atoms with Crippen molar-refractivity contribution in [3.8, 4) is 5.40 Å². The van der Waals surface area contributed by atoms with Crippen LogP contribution in [-0.4, -0.2) is 30.1 Å². The lowest BCUT2D eigenvalue weighted by Crippen LogP contribution is -2.23. The van der Waals surface area contributed by atoms with Gasteiger partial charge in [-0.05, 0) is 6.42 Å². The van der Waals surface area contributed by atoms with Crippen molar-refractivity contribution >= 4 is 12.6 Å². The van der Waals surface area contributed by atoms with E-state index in [2.05, 4.69) is 48.8 Å². The van der Waals surface area contributed by atoms with Crippen LogP contribution in [0.1, 0.15) is 26.2 Å². The molecule has 0 saturated carbocycles. The number of thiol groups is 1. The third-order valence-corrected chi connectivity index (χ3v) is 1.99. The molecule has 0 fully saturated rings. The first-order chi connectivity index (χ1) is 6.74. The first-order valence-electron chi connectivity index (χ1n) is 4.90. The molecule has 0 amide bonds. The van der Waals surface area contributed by atoms with E-state index in [1.807, 2.05) is 0 Å². The third kappa shape index (κ3) is 6.67. The van der Waals surface area contributed by atoms with Gasteiger partial charge in [-0.3, -0.25) is 0 Å². The minimum atomic E-state index is 1.07. The number of hydrogen-bond donors (Lipinski definition) is 1. The highest BCUT2D eigenvalue weighted by atomic mass is 32.1. The molecular weight excluding hydrogens is 194 g/mol. The van der Waals surface area contributed by atoms with Gasteiger partial charge in [0.2, 0.25) is 0 Å². The van der Waals surface area contributed by atoms with Crippen molar-refractivity contribution < 1.29 is 0 Å². The maximum atomic E-state index is 7.18. The number of rotatable bonds is 4. The molecule has 0 spiro atoms. The fourth-order valence-corrected chi connectivity index (χ4v) is 1.30. The van der Waals surface area contributed by atoms with Crippen LogP contribution in [0.5, 0.6) is 0 Å². The van der Waals surface area contributed by atoms with E-state index in [9.17, 15) is 0 Å². The summed E-state index contributed by atoms with van der Waals surface area (Å²) in [4.78, 5) is 4.56. The van der Waals surface area contributed by atoms with Crippen LogP contribution in [0.15, 0.2) is 12.4 Å². The zero-order chi connectivity index (χ0) is 10.8. The molecule has 3 nitrogen and oxygen atoms in total. The molecule has 80 valence electrons. The maximum absolute atomic E-state index is 7.18. The standard InChI is InChI=1S/C9H18N2.CHNS/c1-3-4-5-6-11-8-7-10(2)9-11;2-1-3/h7-8H,3-6,9H2,1-2H3;3H. The fraction of sp³-hybridized carbons (Fsp3) is 0.700. The third-order valence-electron chi connectivity index (χ3n) is 1.99. The van der Waals surface area contributed by atoms with Gasteiger partial charge >= 0.3 is 0 Å². The van der Waals surface area contributed by atoms with E-state index in [1.165, 1.54) is 31.2 Å². The predicted molar refractivity (Wildman–Crippen MR) is 62.6 cm³/mol. The van der Waals surface area contributed by atoms with E-state index in [-0.39, 0.29) is 0 Å². The molecule has 0 unspecified atom stereocenters. The second-order valence-electron chi connectivity index (χ2n) is 3.32. The normalized spacial score (nSPS) is 13.6. The lowest BCUT2D eigenvalue weighted by atomic mass is 10.2. The largest absolute Gasteiger partial charge is 0.362 e. The number of unbranched alkanes of at least 4 members (excludes halogenated alkanes) is 2. The Morgan fingerprint density at radius 2 is 2.07 bits per heavy atom. The summed E-state index contributed by atoms with van der Waals surface area (Å²) in [6.45, 7) is 4.53. The van der Waals surface area contributed by atoms with E-state index in [0.29, 0.717) is 0 Å². The highest BCUT2D eigenvalue weighted by Crippen LogP contribution is 2.05. The molecule has 1 aliphatic rings. The van der Waals surface area contributed by atoms with Crippen molar-refractivity contribution in [2.45, 2.75) is 26.2 Å². The van der Waals surface area contributed by atoms with Crippen LogP contribution in [0.25, 0.3) is 0 Å². The van der Waals surface area contributed by atoms with Crippen molar-refractivity contribution in [1.29, 1.82) is 5.26 Å². The quantitative estimate of drug-likeness (QED) is 0.441. The molecule has 0 aromatic carbocycles. The van der Waals surface area contributed by atoms with Gasteiger partial charge < -0.3 is 9.80 Å². The van der Waals surface area contributed by atoms with E-state index in [0.717, 1.165) is 6.67 Å². The Morgan fingerprint density at radius 3 is 2.50 bits per heavy atom. The average molecular weight is 213 g/mol. The molecule has 14 heavy (non-hydrogen) atoms. The number of thiocyanates is 1. The van der Waals surface area contributed by atoms with Crippen molar-refractivity contribution in [3.63, 3.8) is 0 Å². The van der Waals surface area contributed by atoms with Gasteiger partial charge in [-0.25, -0.2) is 0 Å².